The number of carbonyl (C=O) groups is 1. The summed E-state index contributed by atoms with van der Waals surface area (Å²) in [6, 6.07) is 5.56. The van der Waals surface area contributed by atoms with E-state index >= 15 is 0 Å². The van der Waals surface area contributed by atoms with E-state index in [4.69, 9.17) is 9.47 Å². The normalized spacial score (nSPS) is 19.1. The van der Waals surface area contributed by atoms with E-state index in [9.17, 15) is 9.18 Å². The van der Waals surface area contributed by atoms with Crippen LogP contribution in [0.5, 0.6) is 5.75 Å². The van der Waals surface area contributed by atoms with E-state index in [0.717, 1.165) is 62.1 Å². The SMILES string of the molecule is CCOC(=O)C1(CCCc2c(F)cnc3ccc(OC)cc23)CCN(CCC2CCCCC2)CC1. The number of methoxy groups -OCH3 is 1. The number of aryl methyl sites for hydroxylation is 1. The van der Waals surface area contributed by atoms with Crippen LogP contribution >= 0.6 is 0 Å². The van der Waals surface area contributed by atoms with Crippen molar-refractivity contribution >= 4 is 16.9 Å². The lowest BCUT2D eigenvalue weighted by molar-refractivity contribution is -0.159. The van der Waals surface area contributed by atoms with Gasteiger partial charge in [0.1, 0.15) is 11.6 Å². The van der Waals surface area contributed by atoms with Gasteiger partial charge >= 0.3 is 5.97 Å². The molecule has 6 heteroatoms. The summed E-state index contributed by atoms with van der Waals surface area (Å²) in [5.41, 5.74) is 0.945. The van der Waals surface area contributed by atoms with Crippen molar-refractivity contribution < 1.29 is 18.7 Å². The van der Waals surface area contributed by atoms with Crippen molar-refractivity contribution in [2.24, 2.45) is 11.3 Å². The Balaban J connectivity index is 1.39. The molecule has 1 saturated heterocycles. The standard InChI is InChI=1S/C29H41FN2O3/c1-3-35-28(33)29(15-18-32(19-16-29)17-13-22-8-5-4-6-9-22)14-7-10-24-25-20-23(34-2)11-12-27(25)31-21-26(24)30/h11-12,20-22H,3-10,13-19H2,1-2H3. The van der Waals surface area contributed by atoms with Gasteiger partial charge in [0.05, 0.1) is 30.8 Å². The first-order chi connectivity index (χ1) is 17.0. The Morgan fingerprint density at radius 3 is 2.69 bits per heavy atom. The van der Waals surface area contributed by atoms with Crippen LogP contribution in [0.2, 0.25) is 0 Å². The Labute approximate surface area is 209 Å². The van der Waals surface area contributed by atoms with Crippen LogP contribution in [0, 0.1) is 17.2 Å². The van der Waals surface area contributed by atoms with E-state index < -0.39 is 5.41 Å². The number of hydrogen-bond acceptors (Lipinski definition) is 5. The monoisotopic (exact) mass is 484 g/mol. The number of ether oxygens (including phenoxy) is 2. The lowest BCUT2D eigenvalue weighted by atomic mass is 9.74. The summed E-state index contributed by atoms with van der Waals surface area (Å²) in [6.07, 6.45) is 13.2. The Morgan fingerprint density at radius 1 is 1.20 bits per heavy atom. The molecule has 1 saturated carbocycles. The molecule has 4 rings (SSSR count). The van der Waals surface area contributed by atoms with Gasteiger partial charge in [-0.25, -0.2) is 4.39 Å². The van der Waals surface area contributed by atoms with Crippen molar-refractivity contribution in [2.75, 3.05) is 33.4 Å². The molecule has 0 amide bonds. The second kappa shape index (κ2) is 12.2. The van der Waals surface area contributed by atoms with Crippen molar-refractivity contribution in [2.45, 2.75) is 77.6 Å². The molecule has 0 bridgehead atoms. The van der Waals surface area contributed by atoms with Crippen molar-refractivity contribution in [3.05, 3.63) is 35.8 Å². The molecule has 0 radical (unpaired) electrons. The summed E-state index contributed by atoms with van der Waals surface area (Å²) in [5.74, 6) is 1.20. The number of nitrogens with zero attached hydrogens (tertiary/aromatic N) is 2. The van der Waals surface area contributed by atoms with E-state index in [2.05, 4.69) is 9.88 Å². The number of pyridine rings is 1. The fourth-order valence-electron chi connectivity index (χ4n) is 6.07. The smallest absolute Gasteiger partial charge is 0.312 e. The van der Waals surface area contributed by atoms with Crippen molar-refractivity contribution in [3.63, 3.8) is 0 Å². The fraction of sp³-hybridized carbons (Fsp3) is 0.655. The van der Waals surface area contributed by atoms with Crippen LogP contribution in [0.3, 0.4) is 0 Å². The van der Waals surface area contributed by atoms with E-state index in [1.54, 1.807) is 7.11 Å². The van der Waals surface area contributed by atoms with E-state index in [0.29, 0.717) is 24.3 Å². The third kappa shape index (κ3) is 6.32. The predicted octanol–water partition coefficient (Wildman–Crippen LogP) is 6.32. The Hall–Kier alpha value is -2.21. The van der Waals surface area contributed by atoms with Gasteiger partial charge in [-0.3, -0.25) is 9.78 Å². The minimum absolute atomic E-state index is 0.0753. The Bertz CT molecular complexity index is 981. The third-order valence-electron chi connectivity index (χ3n) is 8.32. The first-order valence-electron chi connectivity index (χ1n) is 13.6. The van der Waals surface area contributed by atoms with E-state index in [1.807, 2.05) is 25.1 Å². The van der Waals surface area contributed by atoms with Crippen LogP contribution in [-0.2, 0) is 16.0 Å². The summed E-state index contributed by atoms with van der Waals surface area (Å²) in [7, 11) is 1.61. The van der Waals surface area contributed by atoms with Gasteiger partial charge in [0, 0.05) is 5.39 Å². The molecule has 35 heavy (non-hydrogen) atoms. The maximum atomic E-state index is 14.8. The molecule has 0 atom stereocenters. The highest BCUT2D eigenvalue weighted by Crippen LogP contribution is 2.39. The van der Waals surface area contributed by atoms with Crippen LogP contribution in [-0.4, -0.2) is 49.2 Å². The lowest BCUT2D eigenvalue weighted by Crippen LogP contribution is -2.45. The first-order valence-corrected chi connectivity index (χ1v) is 13.6. The minimum atomic E-state index is -0.464. The van der Waals surface area contributed by atoms with Crippen molar-refractivity contribution in [1.82, 2.24) is 9.88 Å². The molecule has 1 aliphatic carbocycles. The van der Waals surface area contributed by atoms with Gasteiger partial charge in [0.15, 0.2) is 0 Å². The maximum absolute atomic E-state index is 14.8. The number of hydrogen-bond donors (Lipinski definition) is 0. The minimum Gasteiger partial charge on any atom is -0.497 e. The molecule has 2 heterocycles. The molecule has 2 aliphatic rings. The van der Waals surface area contributed by atoms with Crippen molar-refractivity contribution in [3.8, 4) is 5.75 Å². The molecule has 2 fully saturated rings. The number of benzene rings is 1. The molecular weight excluding hydrogens is 443 g/mol. The van der Waals surface area contributed by atoms with Crippen LogP contribution in [0.15, 0.2) is 24.4 Å². The van der Waals surface area contributed by atoms with Crippen LogP contribution in [0.1, 0.15) is 76.7 Å². The Kier molecular flexibility index (Phi) is 8.99. The summed E-state index contributed by atoms with van der Waals surface area (Å²) in [6.45, 7) is 5.29. The number of carbonyl (C=O) groups excluding carboxylic acids is 1. The van der Waals surface area contributed by atoms with Crippen LogP contribution in [0.4, 0.5) is 4.39 Å². The van der Waals surface area contributed by atoms with Gasteiger partial charge in [-0.05, 0) is 94.8 Å². The summed E-state index contributed by atoms with van der Waals surface area (Å²) in [5, 5.41) is 0.784. The number of piperidine rings is 1. The summed E-state index contributed by atoms with van der Waals surface area (Å²) < 4.78 is 25.7. The molecule has 0 N–H and O–H groups in total. The molecule has 5 nitrogen and oxygen atoms in total. The molecule has 0 spiro atoms. The molecule has 2 aromatic rings. The molecule has 0 unspecified atom stereocenters. The van der Waals surface area contributed by atoms with Crippen molar-refractivity contribution in [1.29, 1.82) is 0 Å². The average molecular weight is 485 g/mol. The topological polar surface area (TPSA) is 51.7 Å². The fourth-order valence-corrected chi connectivity index (χ4v) is 6.07. The number of aromatic nitrogens is 1. The average Bonchev–Trinajstić information content (AvgIpc) is 2.90. The first kappa shape index (κ1) is 25.9. The van der Waals surface area contributed by atoms with Gasteiger partial charge in [0.25, 0.3) is 0 Å². The van der Waals surface area contributed by atoms with Gasteiger partial charge < -0.3 is 14.4 Å². The zero-order valence-corrected chi connectivity index (χ0v) is 21.5. The number of halogens is 1. The molecule has 1 aromatic carbocycles. The summed E-state index contributed by atoms with van der Waals surface area (Å²) >= 11 is 0. The van der Waals surface area contributed by atoms with Gasteiger partial charge in [0.2, 0.25) is 0 Å². The molecule has 1 aliphatic heterocycles. The van der Waals surface area contributed by atoms with Gasteiger partial charge in [-0.2, -0.15) is 0 Å². The number of fused-ring (bicyclic) bond motifs is 1. The largest absolute Gasteiger partial charge is 0.497 e. The highest BCUT2D eigenvalue weighted by Gasteiger charge is 2.42. The quantitative estimate of drug-likeness (QED) is 0.369. The third-order valence-corrected chi connectivity index (χ3v) is 8.32. The molecular formula is C29H41FN2O3. The second-order valence-corrected chi connectivity index (χ2v) is 10.5. The second-order valence-electron chi connectivity index (χ2n) is 10.5. The number of likely N-dealkylation sites (tertiary alicyclic amines) is 1. The number of rotatable bonds is 10. The molecule has 192 valence electrons. The van der Waals surface area contributed by atoms with Gasteiger partial charge in [-0.15, -0.1) is 0 Å². The zero-order valence-electron chi connectivity index (χ0n) is 21.5. The summed E-state index contributed by atoms with van der Waals surface area (Å²) in [4.78, 5) is 19.9. The van der Waals surface area contributed by atoms with Crippen LogP contribution in [0.25, 0.3) is 10.9 Å². The highest BCUT2D eigenvalue weighted by molar-refractivity contribution is 5.83. The highest BCUT2D eigenvalue weighted by atomic mass is 19.1. The lowest BCUT2D eigenvalue weighted by Gasteiger charge is -2.40. The predicted molar refractivity (Wildman–Crippen MR) is 137 cm³/mol. The zero-order chi connectivity index (χ0) is 24.7. The Morgan fingerprint density at radius 2 is 1.97 bits per heavy atom. The maximum Gasteiger partial charge on any atom is 0.312 e. The number of esters is 1. The molecule has 1 aromatic heterocycles. The van der Waals surface area contributed by atoms with Gasteiger partial charge in [-0.1, -0.05) is 32.1 Å². The van der Waals surface area contributed by atoms with Crippen LogP contribution < -0.4 is 4.74 Å². The van der Waals surface area contributed by atoms with E-state index in [1.165, 1.54) is 44.7 Å². The van der Waals surface area contributed by atoms with E-state index in [-0.39, 0.29) is 11.8 Å².